The average Bonchev–Trinajstić information content (AvgIpc) is 2.55. The number of carbonyl (C=O) groups is 3. The van der Waals surface area contributed by atoms with Crippen molar-refractivity contribution in [3.63, 3.8) is 0 Å². The number of amides is 1. The molecule has 2 fully saturated rings. The topological polar surface area (TPSA) is 72.5 Å². The maximum Gasteiger partial charge on any atom is 0.337 e. The van der Waals surface area contributed by atoms with Crippen molar-refractivity contribution in [2.24, 2.45) is 17.8 Å². The van der Waals surface area contributed by atoms with Gasteiger partial charge in [-0.3, -0.25) is 9.59 Å². The van der Waals surface area contributed by atoms with Gasteiger partial charge in [0.1, 0.15) is 5.78 Å². The van der Waals surface area contributed by atoms with Crippen molar-refractivity contribution in [1.29, 1.82) is 0 Å². The van der Waals surface area contributed by atoms with Crippen molar-refractivity contribution in [1.82, 2.24) is 0 Å². The Hall–Kier alpha value is -2.17. The van der Waals surface area contributed by atoms with Crippen LogP contribution in [0.5, 0.6) is 0 Å². The average molecular weight is 329 g/mol. The normalized spacial score (nSPS) is 25.9. The molecule has 0 aromatic heterocycles. The minimum Gasteiger partial charge on any atom is -0.465 e. The minimum absolute atomic E-state index is 0.0514. The maximum atomic E-state index is 12.7. The molecule has 2 aliphatic rings. The van der Waals surface area contributed by atoms with E-state index in [0.717, 1.165) is 24.8 Å². The van der Waals surface area contributed by atoms with Crippen molar-refractivity contribution in [3.8, 4) is 0 Å². The predicted octanol–water partition coefficient (Wildman–Crippen LogP) is 3.12. The Labute approximate surface area is 141 Å². The number of fused-ring (bicyclic) bond motifs is 2. The van der Waals surface area contributed by atoms with Crippen molar-refractivity contribution in [3.05, 3.63) is 29.3 Å². The minimum atomic E-state index is -0.428. The Morgan fingerprint density at radius 2 is 1.83 bits per heavy atom. The molecular formula is C19H23NO4. The number of aryl methyl sites for hydroxylation is 1. The molecule has 1 aromatic carbocycles. The number of methoxy groups -OCH3 is 1. The molecule has 1 N–H and O–H groups in total. The van der Waals surface area contributed by atoms with Gasteiger partial charge >= 0.3 is 5.97 Å². The Morgan fingerprint density at radius 1 is 1.17 bits per heavy atom. The molecule has 3 rings (SSSR count). The zero-order valence-electron chi connectivity index (χ0n) is 14.1. The number of hydrogen-bond acceptors (Lipinski definition) is 4. The molecule has 1 aromatic rings. The summed E-state index contributed by atoms with van der Waals surface area (Å²) in [5, 5.41) is 2.95. The molecule has 2 atom stereocenters. The van der Waals surface area contributed by atoms with Gasteiger partial charge in [-0.15, -0.1) is 0 Å². The van der Waals surface area contributed by atoms with Crippen LogP contribution >= 0.6 is 0 Å². The van der Waals surface area contributed by atoms with Crippen LogP contribution in [-0.2, 0) is 14.3 Å². The Bertz CT molecular complexity index is 666. The third kappa shape index (κ3) is 3.21. The van der Waals surface area contributed by atoms with Crippen LogP contribution < -0.4 is 5.32 Å². The highest BCUT2D eigenvalue weighted by atomic mass is 16.5. The van der Waals surface area contributed by atoms with E-state index in [1.165, 1.54) is 7.11 Å². The molecule has 1 amide bonds. The zero-order valence-corrected chi connectivity index (χ0v) is 14.1. The first-order valence-corrected chi connectivity index (χ1v) is 8.53. The first-order chi connectivity index (χ1) is 11.5. The third-order valence-electron chi connectivity index (χ3n) is 5.34. The van der Waals surface area contributed by atoms with Crippen molar-refractivity contribution in [2.75, 3.05) is 12.4 Å². The molecule has 0 heterocycles. The molecule has 5 nitrogen and oxygen atoms in total. The summed E-state index contributed by atoms with van der Waals surface area (Å²) >= 11 is 0. The van der Waals surface area contributed by atoms with E-state index in [4.69, 9.17) is 4.74 Å². The monoisotopic (exact) mass is 329 g/mol. The number of ketones is 1. The summed E-state index contributed by atoms with van der Waals surface area (Å²) in [4.78, 5) is 36.5. The van der Waals surface area contributed by atoms with Crippen LogP contribution in [-0.4, -0.2) is 24.8 Å². The molecule has 2 aliphatic carbocycles. The summed E-state index contributed by atoms with van der Waals surface area (Å²) in [6.07, 6.45) is 4.22. The lowest BCUT2D eigenvalue weighted by molar-refractivity contribution is -0.136. The van der Waals surface area contributed by atoms with Gasteiger partial charge in [0.05, 0.1) is 12.7 Å². The quantitative estimate of drug-likeness (QED) is 0.865. The molecule has 0 radical (unpaired) electrons. The van der Waals surface area contributed by atoms with Crippen molar-refractivity contribution >= 4 is 23.3 Å². The summed E-state index contributed by atoms with van der Waals surface area (Å²) < 4.78 is 4.73. The van der Waals surface area contributed by atoms with Gasteiger partial charge in [-0.1, -0.05) is 12.5 Å². The van der Waals surface area contributed by atoms with Crippen LogP contribution in [0.2, 0.25) is 0 Å². The number of rotatable bonds is 3. The highest BCUT2D eigenvalue weighted by Gasteiger charge is 2.41. The molecule has 128 valence electrons. The summed E-state index contributed by atoms with van der Waals surface area (Å²) in [7, 11) is 1.33. The van der Waals surface area contributed by atoms with E-state index in [-0.39, 0.29) is 23.7 Å². The second-order valence-corrected chi connectivity index (χ2v) is 6.91. The smallest absolute Gasteiger partial charge is 0.337 e. The first-order valence-electron chi connectivity index (χ1n) is 8.53. The van der Waals surface area contributed by atoms with Gasteiger partial charge in [-0.2, -0.15) is 0 Å². The highest BCUT2D eigenvalue weighted by Crippen LogP contribution is 2.40. The fourth-order valence-corrected chi connectivity index (χ4v) is 3.93. The molecule has 0 saturated heterocycles. The van der Waals surface area contributed by atoms with E-state index in [2.05, 4.69) is 5.32 Å². The maximum absolute atomic E-state index is 12.7. The number of nitrogens with one attached hydrogen (secondary N) is 1. The van der Waals surface area contributed by atoms with Gasteiger partial charge in [0.15, 0.2) is 0 Å². The third-order valence-corrected chi connectivity index (χ3v) is 5.34. The standard InChI is InChI=1S/C19H23NO4/c1-11-6-7-14(19(23)24-2)10-16(11)20-18(22)15-8-12-4-3-5-13(9-15)17(12)21/h6-7,10,12-13,15H,3-5,8-9H2,1-2H3,(H,20,22)/t12-,13-/m1/s1. The van der Waals surface area contributed by atoms with E-state index in [1.54, 1.807) is 18.2 Å². The first kappa shape index (κ1) is 16.7. The molecule has 2 saturated carbocycles. The van der Waals surface area contributed by atoms with Gasteiger partial charge in [0, 0.05) is 23.4 Å². The van der Waals surface area contributed by atoms with E-state index in [0.29, 0.717) is 29.9 Å². The highest BCUT2D eigenvalue weighted by molar-refractivity contribution is 5.97. The summed E-state index contributed by atoms with van der Waals surface area (Å²) in [6.45, 7) is 1.88. The van der Waals surface area contributed by atoms with Crippen molar-refractivity contribution in [2.45, 2.75) is 39.0 Å². The fourth-order valence-electron chi connectivity index (χ4n) is 3.93. The lowest BCUT2D eigenvalue weighted by Gasteiger charge is -2.37. The number of carbonyl (C=O) groups excluding carboxylic acids is 3. The lowest BCUT2D eigenvalue weighted by Crippen LogP contribution is -2.40. The molecule has 0 unspecified atom stereocenters. The molecule has 0 aliphatic heterocycles. The van der Waals surface area contributed by atoms with Gasteiger partial charge in [0.25, 0.3) is 0 Å². The Balaban J connectivity index is 1.73. The number of Topliss-reactive ketones (excluding diaryl/α,β-unsaturated/α-hetero) is 1. The van der Waals surface area contributed by atoms with Gasteiger partial charge in [-0.25, -0.2) is 4.79 Å². The number of anilines is 1. The summed E-state index contributed by atoms with van der Waals surface area (Å²) in [5.41, 5.74) is 1.93. The Morgan fingerprint density at radius 3 is 2.46 bits per heavy atom. The van der Waals surface area contributed by atoms with Gasteiger partial charge in [0.2, 0.25) is 5.91 Å². The molecule has 5 heteroatoms. The second kappa shape index (κ2) is 6.75. The number of ether oxygens (including phenoxy) is 1. The van der Waals surface area contributed by atoms with Crippen LogP contribution in [0.25, 0.3) is 0 Å². The number of esters is 1. The SMILES string of the molecule is COC(=O)c1ccc(C)c(NC(=O)C2C[C@H]3CCC[C@H](C2)C3=O)c1. The fraction of sp³-hybridized carbons (Fsp3) is 0.526. The Kier molecular flexibility index (Phi) is 4.69. The van der Waals surface area contributed by atoms with Crippen LogP contribution in [0.1, 0.15) is 48.0 Å². The second-order valence-electron chi connectivity index (χ2n) is 6.91. The van der Waals surface area contributed by atoms with E-state index in [1.807, 2.05) is 6.92 Å². The van der Waals surface area contributed by atoms with E-state index < -0.39 is 5.97 Å². The number of hydrogen-bond donors (Lipinski definition) is 1. The molecule has 2 bridgehead atoms. The zero-order chi connectivity index (χ0) is 17.3. The number of benzene rings is 1. The largest absolute Gasteiger partial charge is 0.465 e. The van der Waals surface area contributed by atoms with E-state index in [9.17, 15) is 14.4 Å². The molecule has 24 heavy (non-hydrogen) atoms. The van der Waals surface area contributed by atoms with Crippen molar-refractivity contribution < 1.29 is 19.1 Å². The lowest BCUT2D eigenvalue weighted by atomic mass is 9.67. The van der Waals surface area contributed by atoms with Crippen LogP contribution in [0, 0.1) is 24.7 Å². The molecular weight excluding hydrogens is 306 g/mol. The van der Waals surface area contributed by atoms with Gasteiger partial charge < -0.3 is 10.1 Å². The van der Waals surface area contributed by atoms with Gasteiger partial charge in [-0.05, 0) is 50.3 Å². The van der Waals surface area contributed by atoms with Crippen LogP contribution in [0.3, 0.4) is 0 Å². The summed E-state index contributed by atoms with van der Waals surface area (Å²) in [5.74, 6) is -0.146. The van der Waals surface area contributed by atoms with Crippen LogP contribution in [0.15, 0.2) is 18.2 Å². The van der Waals surface area contributed by atoms with E-state index >= 15 is 0 Å². The molecule has 0 spiro atoms. The summed E-state index contributed by atoms with van der Waals surface area (Å²) in [6, 6.07) is 5.12. The van der Waals surface area contributed by atoms with Crippen LogP contribution in [0.4, 0.5) is 5.69 Å². The predicted molar refractivity (Wildman–Crippen MR) is 89.7 cm³/mol.